The molecule has 0 saturated carbocycles. The van der Waals surface area contributed by atoms with Gasteiger partial charge in [-0.3, -0.25) is 9.69 Å². The van der Waals surface area contributed by atoms with E-state index in [0.29, 0.717) is 18.1 Å². The minimum absolute atomic E-state index is 0.0248. The maximum atomic E-state index is 12.6. The highest BCUT2D eigenvalue weighted by Gasteiger charge is 2.33. The standard InChI is InChI=1S/C26H36N2O4/c1-17(2)13-25(29)27-18(3)26-22-15-24(32-6)23(31-5)14-20(22)11-12-28(26)16-19-7-9-21(30-4)10-8-19/h7-10,14-15,17-18,26H,11-13,16H2,1-6H3,(H,27,29)/t18-,26+/m0/s1. The second-order valence-electron chi connectivity index (χ2n) is 8.87. The zero-order chi connectivity index (χ0) is 23.3. The molecule has 3 rings (SSSR count). The number of carbonyl (C=O) groups is 1. The van der Waals surface area contributed by atoms with Crippen LogP contribution in [-0.2, 0) is 17.8 Å². The Hall–Kier alpha value is -2.73. The van der Waals surface area contributed by atoms with Crippen LogP contribution in [0, 0.1) is 5.92 Å². The van der Waals surface area contributed by atoms with Gasteiger partial charge in [0, 0.05) is 25.6 Å². The van der Waals surface area contributed by atoms with Crippen LogP contribution >= 0.6 is 0 Å². The summed E-state index contributed by atoms with van der Waals surface area (Å²) in [5.41, 5.74) is 3.63. The van der Waals surface area contributed by atoms with E-state index in [2.05, 4.69) is 55.3 Å². The molecule has 0 unspecified atom stereocenters. The molecule has 2 aromatic carbocycles. The van der Waals surface area contributed by atoms with Crippen LogP contribution < -0.4 is 19.5 Å². The molecule has 2 aromatic rings. The van der Waals surface area contributed by atoms with Crippen LogP contribution in [-0.4, -0.2) is 44.7 Å². The Morgan fingerprint density at radius 1 is 1.03 bits per heavy atom. The summed E-state index contributed by atoms with van der Waals surface area (Å²) in [4.78, 5) is 15.0. The summed E-state index contributed by atoms with van der Waals surface area (Å²) in [6.07, 6.45) is 1.43. The molecular formula is C26H36N2O4. The van der Waals surface area contributed by atoms with E-state index in [1.54, 1.807) is 21.3 Å². The summed E-state index contributed by atoms with van der Waals surface area (Å²) < 4.78 is 16.4. The Labute approximate surface area is 191 Å². The molecule has 6 nitrogen and oxygen atoms in total. The second-order valence-corrected chi connectivity index (χ2v) is 8.87. The molecule has 0 aliphatic carbocycles. The van der Waals surface area contributed by atoms with Gasteiger partial charge in [0.25, 0.3) is 0 Å². The Morgan fingerprint density at radius 2 is 1.69 bits per heavy atom. The first-order chi connectivity index (χ1) is 15.4. The van der Waals surface area contributed by atoms with Gasteiger partial charge in [0.2, 0.25) is 5.91 Å². The van der Waals surface area contributed by atoms with Crippen LogP contribution in [0.3, 0.4) is 0 Å². The molecule has 1 heterocycles. The lowest BCUT2D eigenvalue weighted by molar-refractivity contribution is -0.122. The van der Waals surface area contributed by atoms with Crippen molar-refractivity contribution in [1.82, 2.24) is 10.2 Å². The molecule has 0 spiro atoms. The normalized spacial score (nSPS) is 16.9. The molecule has 1 N–H and O–H groups in total. The largest absolute Gasteiger partial charge is 0.497 e. The Kier molecular flexibility index (Phi) is 8.02. The minimum atomic E-state index is -0.0587. The van der Waals surface area contributed by atoms with Gasteiger partial charge in [-0.25, -0.2) is 0 Å². The van der Waals surface area contributed by atoms with E-state index >= 15 is 0 Å². The van der Waals surface area contributed by atoms with Gasteiger partial charge in [0.05, 0.1) is 27.4 Å². The number of nitrogens with one attached hydrogen (secondary N) is 1. The van der Waals surface area contributed by atoms with Crippen molar-refractivity contribution in [3.63, 3.8) is 0 Å². The SMILES string of the molecule is COc1ccc(CN2CCc3cc(OC)c(OC)cc3[C@H]2[C@H](C)NC(=O)CC(C)C)cc1. The fourth-order valence-electron chi connectivity index (χ4n) is 4.52. The zero-order valence-electron chi connectivity index (χ0n) is 20.1. The zero-order valence-corrected chi connectivity index (χ0v) is 20.1. The van der Waals surface area contributed by atoms with Crippen LogP contribution in [0.2, 0.25) is 0 Å². The van der Waals surface area contributed by atoms with E-state index in [1.807, 2.05) is 12.1 Å². The second kappa shape index (κ2) is 10.7. The van der Waals surface area contributed by atoms with Crippen LogP contribution in [0.15, 0.2) is 36.4 Å². The minimum Gasteiger partial charge on any atom is -0.497 e. The van der Waals surface area contributed by atoms with Crippen molar-refractivity contribution in [2.75, 3.05) is 27.9 Å². The fraction of sp³-hybridized carbons (Fsp3) is 0.500. The van der Waals surface area contributed by atoms with Crippen molar-refractivity contribution in [2.45, 2.75) is 52.2 Å². The molecule has 0 fully saturated rings. The number of nitrogens with zero attached hydrogens (tertiary/aromatic N) is 1. The van der Waals surface area contributed by atoms with E-state index in [0.717, 1.165) is 31.0 Å². The average Bonchev–Trinajstić information content (AvgIpc) is 2.77. The molecule has 1 aliphatic heterocycles. The van der Waals surface area contributed by atoms with E-state index in [4.69, 9.17) is 14.2 Å². The Morgan fingerprint density at radius 3 is 2.28 bits per heavy atom. The van der Waals surface area contributed by atoms with Crippen molar-refractivity contribution < 1.29 is 19.0 Å². The van der Waals surface area contributed by atoms with Gasteiger partial charge in [-0.05, 0) is 60.2 Å². The number of hydrogen-bond donors (Lipinski definition) is 1. The first kappa shape index (κ1) is 23.9. The van der Waals surface area contributed by atoms with Crippen molar-refractivity contribution in [3.8, 4) is 17.2 Å². The highest BCUT2D eigenvalue weighted by molar-refractivity contribution is 5.76. The molecule has 0 bridgehead atoms. The summed E-state index contributed by atoms with van der Waals surface area (Å²) in [5, 5.41) is 3.25. The summed E-state index contributed by atoms with van der Waals surface area (Å²) in [6.45, 7) is 7.90. The third-order valence-electron chi connectivity index (χ3n) is 6.03. The first-order valence-electron chi connectivity index (χ1n) is 11.3. The number of amides is 1. The predicted molar refractivity (Wildman–Crippen MR) is 126 cm³/mol. The predicted octanol–water partition coefficient (Wildman–Crippen LogP) is 4.36. The highest BCUT2D eigenvalue weighted by atomic mass is 16.5. The lowest BCUT2D eigenvalue weighted by Crippen LogP contribution is -2.47. The van der Waals surface area contributed by atoms with Gasteiger partial charge < -0.3 is 19.5 Å². The van der Waals surface area contributed by atoms with Crippen LogP contribution in [0.5, 0.6) is 17.2 Å². The molecule has 174 valence electrons. The topological polar surface area (TPSA) is 60.0 Å². The molecule has 32 heavy (non-hydrogen) atoms. The molecule has 0 radical (unpaired) electrons. The molecular weight excluding hydrogens is 404 g/mol. The van der Waals surface area contributed by atoms with Crippen LogP contribution in [0.1, 0.15) is 49.9 Å². The van der Waals surface area contributed by atoms with Crippen molar-refractivity contribution in [2.24, 2.45) is 5.92 Å². The number of fused-ring (bicyclic) bond motifs is 1. The fourth-order valence-corrected chi connectivity index (χ4v) is 4.52. The average molecular weight is 441 g/mol. The third kappa shape index (κ3) is 5.54. The number of carbonyl (C=O) groups excluding carboxylic acids is 1. The molecule has 0 aromatic heterocycles. The van der Waals surface area contributed by atoms with Crippen LogP contribution in [0.4, 0.5) is 0 Å². The third-order valence-corrected chi connectivity index (χ3v) is 6.03. The van der Waals surface area contributed by atoms with Crippen molar-refractivity contribution in [3.05, 3.63) is 53.1 Å². The summed E-state index contributed by atoms with van der Waals surface area (Å²) in [6, 6.07) is 12.3. The maximum Gasteiger partial charge on any atom is 0.220 e. The van der Waals surface area contributed by atoms with Gasteiger partial charge in [-0.15, -0.1) is 0 Å². The first-order valence-corrected chi connectivity index (χ1v) is 11.3. The molecule has 2 atom stereocenters. The number of rotatable bonds is 9. The quantitative estimate of drug-likeness (QED) is 0.628. The van der Waals surface area contributed by atoms with E-state index < -0.39 is 0 Å². The number of benzene rings is 2. The number of ether oxygens (including phenoxy) is 3. The maximum absolute atomic E-state index is 12.6. The molecule has 6 heteroatoms. The van der Waals surface area contributed by atoms with Gasteiger partial charge in [0.1, 0.15) is 5.75 Å². The monoisotopic (exact) mass is 440 g/mol. The van der Waals surface area contributed by atoms with E-state index in [-0.39, 0.29) is 18.0 Å². The van der Waals surface area contributed by atoms with Crippen molar-refractivity contribution in [1.29, 1.82) is 0 Å². The molecule has 1 amide bonds. The van der Waals surface area contributed by atoms with Crippen LogP contribution in [0.25, 0.3) is 0 Å². The Balaban J connectivity index is 1.94. The molecule has 1 aliphatic rings. The van der Waals surface area contributed by atoms with Gasteiger partial charge in [-0.1, -0.05) is 26.0 Å². The lowest BCUT2D eigenvalue weighted by Gasteiger charge is -2.41. The van der Waals surface area contributed by atoms with Gasteiger partial charge in [0.15, 0.2) is 11.5 Å². The van der Waals surface area contributed by atoms with Gasteiger partial charge in [-0.2, -0.15) is 0 Å². The highest BCUT2D eigenvalue weighted by Crippen LogP contribution is 2.40. The molecule has 0 saturated heterocycles. The Bertz CT molecular complexity index is 911. The smallest absolute Gasteiger partial charge is 0.220 e. The summed E-state index contributed by atoms with van der Waals surface area (Å²) in [5.74, 6) is 2.71. The summed E-state index contributed by atoms with van der Waals surface area (Å²) in [7, 11) is 5.00. The number of hydrogen-bond acceptors (Lipinski definition) is 5. The summed E-state index contributed by atoms with van der Waals surface area (Å²) >= 11 is 0. The van der Waals surface area contributed by atoms with Gasteiger partial charge >= 0.3 is 0 Å². The van der Waals surface area contributed by atoms with E-state index in [9.17, 15) is 4.79 Å². The number of methoxy groups -OCH3 is 3. The van der Waals surface area contributed by atoms with E-state index in [1.165, 1.54) is 16.7 Å². The van der Waals surface area contributed by atoms with Crippen molar-refractivity contribution >= 4 is 5.91 Å². The lowest BCUT2D eigenvalue weighted by atomic mass is 9.87.